The van der Waals surface area contributed by atoms with Gasteiger partial charge in [0.05, 0.1) is 6.61 Å². The van der Waals surface area contributed by atoms with Gasteiger partial charge in [0.2, 0.25) is 0 Å². The first-order valence-corrected chi connectivity index (χ1v) is 5.59. The van der Waals surface area contributed by atoms with Gasteiger partial charge in [0.15, 0.2) is 0 Å². The van der Waals surface area contributed by atoms with Gasteiger partial charge in [-0.15, -0.1) is 0 Å². The van der Waals surface area contributed by atoms with Gasteiger partial charge in [-0.2, -0.15) is 0 Å². The highest BCUT2D eigenvalue weighted by Gasteiger charge is 2.37. The minimum Gasteiger partial charge on any atom is -0.480 e. The standard InChI is InChI=1S/C11H22N2O3/c1-8-5-13(6-9(8)12(2)3)10(7-16-4)11(14)15/h8-10H,5-7H2,1-4H3,(H,14,15). The summed E-state index contributed by atoms with van der Waals surface area (Å²) in [5.74, 6) is -0.304. The van der Waals surface area contributed by atoms with E-state index in [2.05, 4.69) is 11.8 Å². The molecule has 3 atom stereocenters. The van der Waals surface area contributed by atoms with Crippen LogP contribution in [0.25, 0.3) is 0 Å². The molecule has 0 bridgehead atoms. The lowest BCUT2D eigenvalue weighted by Gasteiger charge is -2.25. The highest BCUT2D eigenvalue weighted by Crippen LogP contribution is 2.22. The summed E-state index contributed by atoms with van der Waals surface area (Å²) in [6, 6.07) is -0.0869. The fourth-order valence-corrected chi connectivity index (χ4v) is 2.40. The molecule has 94 valence electrons. The van der Waals surface area contributed by atoms with E-state index in [1.807, 2.05) is 19.0 Å². The maximum atomic E-state index is 11.1. The van der Waals surface area contributed by atoms with E-state index in [1.54, 1.807) is 7.11 Å². The second-order valence-corrected chi connectivity index (χ2v) is 4.77. The van der Waals surface area contributed by atoms with Crippen LogP contribution >= 0.6 is 0 Å². The van der Waals surface area contributed by atoms with Crippen molar-refractivity contribution >= 4 is 5.97 Å². The highest BCUT2D eigenvalue weighted by molar-refractivity contribution is 5.73. The minimum absolute atomic E-state index is 0.252. The topological polar surface area (TPSA) is 53.0 Å². The molecule has 3 unspecified atom stereocenters. The zero-order chi connectivity index (χ0) is 12.3. The largest absolute Gasteiger partial charge is 0.480 e. The summed E-state index contributed by atoms with van der Waals surface area (Å²) in [5.41, 5.74) is 0. The van der Waals surface area contributed by atoms with Crippen LogP contribution in [0.15, 0.2) is 0 Å². The molecule has 1 rings (SSSR count). The molecule has 0 amide bonds. The van der Waals surface area contributed by atoms with Crippen molar-refractivity contribution in [2.45, 2.75) is 19.0 Å². The van der Waals surface area contributed by atoms with Gasteiger partial charge < -0.3 is 14.7 Å². The average Bonchev–Trinajstić information content (AvgIpc) is 2.56. The predicted molar refractivity (Wildman–Crippen MR) is 61.5 cm³/mol. The molecular formula is C11H22N2O3. The molecule has 1 aliphatic heterocycles. The number of methoxy groups -OCH3 is 1. The first-order valence-electron chi connectivity index (χ1n) is 5.59. The van der Waals surface area contributed by atoms with Crippen molar-refractivity contribution in [3.63, 3.8) is 0 Å². The third-order valence-electron chi connectivity index (χ3n) is 3.31. The molecule has 1 heterocycles. The number of hydrogen-bond donors (Lipinski definition) is 1. The lowest BCUT2D eigenvalue weighted by molar-refractivity contribution is -0.145. The lowest BCUT2D eigenvalue weighted by atomic mass is 10.1. The number of nitrogens with zero attached hydrogens (tertiary/aromatic N) is 2. The van der Waals surface area contributed by atoms with E-state index in [0.29, 0.717) is 12.0 Å². The Morgan fingerprint density at radius 3 is 2.56 bits per heavy atom. The molecule has 0 spiro atoms. The van der Waals surface area contributed by atoms with Gasteiger partial charge in [-0.05, 0) is 20.0 Å². The van der Waals surface area contributed by atoms with E-state index in [-0.39, 0.29) is 6.61 Å². The van der Waals surface area contributed by atoms with Crippen molar-refractivity contribution in [2.75, 3.05) is 40.9 Å². The molecule has 0 saturated carbocycles. The summed E-state index contributed by atoms with van der Waals surface area (Å²) < 4.78 is 4.97. The number of ether oxygens (including phenoxy) is 1. The summed E-state index contributed by atoms with van der Waals surface area (Å²) in [4.78, 5) is 15.3. The molecule has 1 N–H and O–H groups in total. The van der Waals surface area contributed by atoms with Gasteiger partial charge in [0.25, 0.3) is 0 Å². The normalized spacial score (nSPS) is 28.6. The number of aliphatic carboxylic acids is 1. The fourth-order valence-electron chi connectivity index (χ4n) is 2.40. The van der Waals surface area contributed by atoms with Crippen LogP contribution < -0.4 is 0 Å². The number of hydrogen-bond acceptors (Lipinski definition) is 4. The number of carboxylic acid groups (broad SMARTS) is 1. The molecule has 0 aromatic heterocycles. The first-order chi connectivity index (χ1) is 7.47. The average molecular weight is 230 g/mol. The van der Waals surface area contributed by atoms with E-state index < -0.39 is 12.0 Å². The number of likely N-dealkylation sites (tertiary alicyclic amines) is 1. The van der Waals surface area contributed by atoms with Crippen molar-refractivity contribution in [2.24, 2.45) is 5.92 Å². The SMILES string of the molecule is COCC(C(=O)O)N1CC(C)C(N(C)C)C1. The van der Waals surface area contributed by atoms with Crippen LogP contribution in [-0.4, -0.2) is 73.9 Å². The molecule has 0 aromatic carbocycles. The number of rotatable bonds is 5. The zero-order valence-corrected chi connectivity index (χ0v) is 10.5. The number of likely N-dealkylation sites (N-methyl/N-ethyl adjacent to an activating group) is 1. The number of carbonyl (C=O) groups is 1. The monoisotopic (exact) mass is 230 g/mol. The summed E-state index contributed by atoms with van der Waals surface area (Å²) >= 11 is 0. The maximum Gasteiger partial charge on any atom is 0.323 e. The van der Waals surface area contributed by atoms with Crippen LogP contribution in [-0.2, 0) is 9.53 Å². The predicted octanol–water partition coefficient (Wildman–Crippen LogP) is -0.0321. The van der Waals surface area contributed by atoms with Gasteiger partial charge in [0, 0.05) is 26.2 Å². The summed E-state index contributed by atoms with van der Waals surface area (Å²) in [5, 5.41) is 9.14. The lowest BCUT2D eigenvalue weighted by Crippen LogP contribution is -2.44. The van der Waals surface area contributed by atoms with Crippen molar-refractivity contribution in [3.8, 4) is 0 Å². The Morgan fingerprint density at radius 1 is 1.56 bits per heavy atom. The molecule has 1 aliphatic rings. The van der Waals surface area contributed by atoms with Gasteiger partial charge >= 0.3 is 5.97 Å². The van der Waals surface area contributed by atoms with Crippen LogP contribution in [0.2, 0.25) is 0 Å². The van der Waals surface area contributed by atoms with Crippen molar-refractivity contribution in [3.05, 3.63) is 0 Å². The molecule has 1 saturated heterocycles. The van der Waals surface area contributed by atoms with Crippen molar-refractivity contribution in [1.82, 2.24) is 9.80 Å². The molecule has 5 nitrogen and oxygen atoms in total. The minimum atomic E-state index is -0.798. The molecule has 1 fully saturated rings. The maximum absolute atomic E-state index is 11.1. The first kappa shape index (κ1) is 13.4. The van der Waals surface area contributed by atoms with Gasteiger partial charge in [-0.1, -0.05) is 6.92 Å². The molecule has 0 aromatic rings. The Hall–Kier alpha value is -0.650. The molecule has 0 radical (unpaired) electrons. The Kier molecular flexibility index (Phi) is 4.70. The second kappa shape index (κ2) is 5.61. The van der Waals surface area contributed by atoms with E-state index in [4.69, 9.17) is 9.84 Å². The molecule has 5 heteroatoms. The summed E-state index contributed by atoms with van der Waals surface area (Å²) in [6.45, 7) is 4.04. The van der Waals surface area contributed by atoms with Crippen LogP contribution in [0.4, 0.5) is 0 Å². The Balaban J connectivity index is 2.64. The third kappa shape index (κ3) is 2.93. The third-order valence-corrected chi connectivity index (χ3v) is 3.31. The van der Waals surface area contributed by atoms with E-state index in [1.165, 1.54) is 0 Å². The second-order valence-electron chi connectivity index (χ2n) is 4.77. The fraction of sp³-hybridized carbons (Fsp3) is 0.909. The van der Waals surface area contributed by atoms with Crippen LogP contribution in [0.5, 0.6) is 0 Å². The Bertz CT molecular complexity index is 245. The van der Waals surface area contributed by atoms with Crippen molar-refractivity contribution in [1.29, 1.82) is 0 Å². The Labute approximate surface area is 97.0 Å². The van der Waals surface area contributed by atoms with Gasteiger partial charge in [-0.25, -0.2) is 0 Å². The zero-order valence-electron chi connectivity index (χ0n) is 10.5. The summed E-state index contributed by atoms with van der Waals surface area (Å²) in [6.07, 6.45) is 0. The van der Waals surface area contributed by atoms with E-state index in [9.17, 15) is 4.79 Å². The Morgan fingerprint density at radius 2 is 2.19 bits per heavy atom. The molecular weight excluding hydrogens is 208 g/mol. The molecule has 0 aliphatic carbocycles. The van der Waals surface area contributed by atoms with E-state index >= 15 is 0 Å². The van der Waals surface area contributed by atoms with Crippen LogP contribution in [0.3, 0.4) is 0 Å². The van der Waals surface area contributed by atoms with Gasteiger partial charge in [-0.3, -0.25) is 9.69 Å². The highest BCUT2D eigenvalue weighted by atomic mass is 16.5. The van der Waals surface area contributed by atoms with Crippen LogP contribution in [0.1, 0.15) is 6.92 Å². The number of carboxylic acids is 1. The van der Waals surface area contributed by atoms with E-state index in [0.717, 1.165) is 13.1 Å². The molecule has 16 heavy (non-hydrogen) atoms. The van der Waals surface area contributed by atoms with Gasteiger partial charge in [0.1, 0.15) is 6.04 Å². The van der Waals surface area contributed by atoms with Crippen molar-refractivity contribution < 1.29 is 14.6 Å². The smallest absolute Gasteiger partial charge is 0.323 e. The van der Waals surface area contributed by atoms with Crippen LogP contribution in [0, 0.1) is 5.92 Å². The quantitative estimate of drug-likeness (QED) is 0.718. The summed E-state index contributed by atoms with van der Waals surface area (Å²) in [7, 11) is 5.62.